The van der Waals surface area contributed by atoms with Crippen LogP contribution < -0.4 is 10.6 Å². The first-order chi connectivity index (χ1) is 20.6. The van der Waals surface area contributed by atoms with Crippen molar-refractivity contribution in [3.8, 4) is 0 Å². The number of rotatable bonds is 9. The molecule has 1 saturated heterocycles. The maximum absolute atomic E-state index is 13.4. The van der Waals surface area contributed by atoms with Gasteiger partial charge in [-0.05, 0) is 56.6 Å². The number of fused-ring (bicyclic) bond motifs is 1. The number of likely N-dealkylation sites (N-methyl/N-ethyl adjacent to an activating group) is 1. The topological polar surface area (TPSA) is 109 Å². The molecule has 2 aromatic carbocycles. The number of carbonyl (C=O) groups is 3. The molecule has 2 amide bonds. The Morgan fingerprint density at radius 2 is 1.67 bits per heavy atom. The molecule has 0 unspecified atom stereocenters. The minimum atomic E-state index is -0.668. The molecule has 1 aliphatic rings. The molecule has 1 fully saturated rings. The highest BCUT2D eigenvalue weighted by Crippen LogP contribution is 2.33. The number of anilines is 1. The molecule has 11 heteroatoms. The molecule has 0 spiro atoms. The van der Waals surface area contributed by atoms with Crippen molar-refractivity contribution in [2.24, 2.45) is 0 Å². The van der Waals surface area contributed by atoms with Crippen LogP contribution in [0.15, 0.2) is 60.7 Å². The number of benzene rings is 2. The van der Waals surface area contributed by atoms with Gasteiger partial charge in [0.2, 0.25) is 0 Å². The van der Waals surface area contributed by atoms with E-state index in [2.05, 4.69) is 32.6 Å². The summed E-state index contributed by atoms with van der Waals surface area (Å²) in [5.41, 5.74) is 1.93. The average molecular weight is 603 g/mol. The number of hydrogen-bond donors (Lipinski definition) is 2. The minimum Gasteiger partial charge on any atom is -0.448 e. The highest BCUT2D eigenvalue weighted by Gasteiger charge is 2.27. The van der Waals surface area contributed by atoms with Crippen molar-refractivity contribution in [1.29, 1.82) is 0 Å². The van der Waals surface area contributed by atoms with Crippen molar-refractivity contribution in [2.45, 2.75) is 39.3 Å². The van der Waals surface area contributed by atoms with Crippen LogP contribution in [0.4, 0.5) is 10.6 Å². The molecule has 0 saturated carbocycles. The molecule has 226 valence electrons. The maximum Gasteiger partial charge on any atom is 0.436 e. The van der Waals surface area contributed by atoms with E-state index in [9.17, 15) is 14.4 Å². The molecule has 1 aliphatic heterocycles. The zero-order valence-electron chi connectivity index (χ0n) is 25.1. The third kappa shape index (κ3) is 7.12. The van der Waals surface area contributed by atoms with Crippen molar-refractivity contribution in [1.82, 2.24) is 24.9 Å². The van der Waals surface area contributed by atoms with Gasteiger partial charge in [0.05, 0.1) is 22.4 Å². The fourth-order valence-electron chi connectivity index (χ4n) is 4.96. The number of ether oxygens (including phenoxy) is 1. The lowest BCUT2D eigenvalue weighted by molar-refractivity contribution is 0.0915. The first kappa shape index (κ1) is 30.4. The van der Waals surface area contributed by atoms with E-state index < -0.39 is 11.6 Å². The van der Waals surface area contributed by atoms with Gasteiger partial charge in [-0.25, -0.2) is 4.79 Å². The molecule has 0 atom stereocenters. The van der Waals surface area contributed by atoms with Crippen molar-refractivity contribution >= 4 is 45.3 Å². The number of nitrogens with zero attached hydrogens (tertiary/aromatic N) is 4. The van der Waals surface area contributed by atoms with Gasteiger partial charge in [0.25, 0.3) is 11.8 Å². The first-order valence-corrected chi connectivity index (χ1v) is 15.3. The third-order valence-electron chi connectivity index (χ3n) is 7.56. The molecule has 0 aliphatic carbocycles. The lowest BCUT2D eigenvalue weighted by atomic mass is 9.94. The van der Waals surface area contributed by atoms with Crippen LogP contribution in [-0.4, -0.2) is 77.3 Å². The van der Waals surface area contributed by atoms with E-state index in [1.807, 2.05) is 63.2 Å². The van der Waals surface area contributed by atoms with Crippen LogP contribution in [0.3, 0.4) is 0 Å². The molecule has 4 aromatic rings. The number of piperazine rings is 1. The van der Waals surface area contributed by atoms with Gasteiger partial charge in [-0.3, -0.25) is 14.5 Å². The summed E-state index contributed by atoms with van der Waals surface area (Å²) in [7, 11) is 2.13. The molecule has 2 N–H and O–H groups in total. The number of carbonyl (C=O) groups excluding carboxylic acids is 3. The third-order valence-corrected chi connectivity index (χ3v) is 8.67. The van der Waals surface area contributed by atoms with E-state index in [0.29, 0.717) is 27.1 Å². The second-order valence-electron chi connectivity index (χ2n) is 11.4. The summed E-state index contributed by atoms with van der Waals surface area (Å²) in [5, 5.41) is 10.8. The zero-order chi connectivity index (χ0) is 30.6. The second-order valence-corrected chi connectivity index (χ2v) is 12.4. The smallest absolute Gasteiger partial charge is 0.436 e. The summed E-state index contributed by atoms with van der Waals surface area (Å²) >= 11 is 1.12. The van der Waals surface area contributed by atoms with Gasteiger partial charge in [-0.2, -0.15) is 4.68 Å². The van der Waals surface area contributed by atoms with E-state index in [-0.39, 0.29) is 24.2 Å². The van der Waals surface area contributed by atoms with E-state index in [1.165, 1.54) is 0 Å². The van der Waals surface area contributed by atoms with Crippen molar-refractivity contribution in [3.05, 3.63) is 82.2 Å². The summed E-state index contributed by atoms with van der Waals surface area (Å²) < 4.78 is 6.44. The van der Waals surface area contributed by atoms with Crippen LogP contribution in [0.2, 0.25) is 0 Å². The zero-order valence-corrected chi connectivity index (χ0v) is 25.9. The van der Waals surface area contributed by atoms with Crippen molar-refractivity contribution in [2.75, 3.05) is 45.2 Å². The average Bonchev–Trinajstić information content (AvgIpc) is 3.58. The summed E-state index contributed by atoms with van der Waals surface area (Å²) in [6, 6.07) is 18.9. The number of hydrogen-bond acceptors (Lipinski definition) is 8. The molecule has 10 nitrogen and oxygen atoms in total. The van der Waals surface area contributed by atoms with Crippen molar-refractivity contribution < 1.29 is 19.1 Å². The Kier molecular flexibility index (Phi) is 9.24. The Labute approximate surface area is 255 Å². The van der Waals surface area contributed by atoms with Gasteiger partial charge in [-0.15, -0.1) is 16.4 Å². The Bertz CT molecular complexity index is 1590. The van der Waals surface area contributed by atoms with Gasteiger partial charge < -0.3 is 20.3 Å². The molecule has 5 rings (SSSR count). The summed E-state index contributed by atoms with van der Waals surface area (Å²) in [4.78, 5) is 45.0. The predicted octanol–water partition coefficient (Wildman–Crippen LogP) is 5.16. The van der Waals surface area contributed by atoms with Gasteiger partial charge in [0.1, 0.15) is 4.83 Å². The first-order valence-electron chi connectivity index (χ1n) is 14.5. The standard InChI is InChI=1S/C32H38N6O4S/c1-5-19-42-31(41)38-30-25(20-26(43-30)29(40)34-32(2,3)24-9-7-6-8-10-24)27(35-38)33-28(39)23-13-11-22(12-14-23)21-37-17-15-36(4)16-18-37/h6-14,20H,5,15-19,21H2,1-4H3,(H,34,40)(H,33,35,39). The summed E-state index contributed by atoms with van der Waals surface area (Å²) in [6.45, 7) is 10.9. The number of aromatic nitrogens is 2. The maximum atomic E-state index is 13.4. The fourth-order valence-corrected chi connectivity index (χ4v) is 5.96. The lowest BCUT2D eigenvalue weighted by Gasteiger charge is -2.32. The normalized spacial score (nSPS) is 14.5. The van der Waals surface area contributed by atoms with Crippen LogP contribution in [-0.2, 0) is 16.8 Å². The molecule has 0 bridgehead atoms. The molecular formula is C32H38N6O4S. The fraction of sp³-hybridized carbons (Fsp3) is 0.375. The number of amides is 2. The van der Waals surface area contributed by atoms with Crippen LogP contribution >= 0.6 is 11.3 Å². The van der Waals surface area contributed by atoms with E-state index >= 15 is 0 Å². The Balaban J connectivity index is 1.36. The van der Waals surface area contributed by atoms with E-state index in [0.717, 1.165) is 59.9 Å². The van der Waals surface area contributed by atoms with Crippen molar-refractivity contribution in [3.63, 3.8) is 0 Å². The molecular weight excluding hydrogens is 564 g/mol. The summed E-state index contributed by atoms with van der Waals surface area (Å²) in [6.07, 6.45) is -0.0175. The van der Waals surface area contributed by atoms with Crippen LogP contribution in [0.25, 0.3) is 10.2 Å². The van der Waals surface area contributed by atoms with Gasteiger partial charge in [0, 0.05) is 38.3 Å². The quantitative estimate of drug-likeness (QED) is 0.273. The molecule has 3 heterocycles. The highest BCUT2D eigenvalue weighted by molar-refractivity contribution is 7.20. The number of thiophene rings is 1. The predicted molar refractivity (Wildman–Crippen MR) is 169 cm³/mol. The minimum absolute atomic E-state index is 0.188. The largest absolute Gasteiger partial charge is 0.448 e. The molecule has 0 radical (unpaired) electrons. The highest BCUT2D eigenvalue weighted by atomic mass is 32.1. The Morgan fingerprint density at radius 3 is 2.35 bits per heavy atom. The summed E-state index contributed by atoms with van der Waals surface area (Å²) in [5.74, 6) is -0.466. The Morgan fingerprint density at radius 1 is 0.977 bits per heavy atom. The van der Waals surface area contributed by atoms with Gasteiger partial charge >= 0.3 is 6.09 Å². The van der Waals surface area contributed by atoms with Crippen LogP contribution in [0.5, 0.6) is 0 Å². The van der Waals surface area contributed by atoms with Crippen LogP contribution in [0, 0.1) is 0 Å². The number of nitrogens with one attached hydrogen (secondary N) is 2. The Hall–Kier alpha value is -4.06. The lowest BCUT2D eigenvalue weighted by Crippen LogP contribution is -2.43. The second kappa shape index (κ2) is 13.1. The molecule has 2 aromatic heterocycles. The SMILES string of the molecule is CCCOC(=O)n1nc(NC(=O)c2ccc(CN3CCN(C)CC3)cc2)c2cc(C(=O)NC(C)(C)c3ccccc3)sc21. The van der Waals surface area contributed by atoms with E-state index in [4.69, 9.17) is 4.74 Å². The van der Waals surface area contributed by atoms with E-state index in [1.54, 1.807) is 18.2 Å². The van der Waals surface area contributed by atoms with Gasteiger partial charge in [-0.1, -0.05) is 49.4 Å². The molecule has 43 heavy (non-hydrogen) atoms. The van der Waals surface area contributed by atoms with Crippen LogP contribution in [0.1, 0.15) is 58.3 Å². The van der Waals surface area contributed by atoms with Gasteiger partial charge in [0.15, 0.2) is 5.82 Å². The monoisotopic (exact) mass is 602 g/mol.